The van der Waals surface area contributed by atoms with Gasteiger partial charge in [-0.1, -0.05) is 19.8 Å². The Balaban J connectivity index is 1.59. The van der Waals surface area contributed by atoms with Gasteiger partial charge in [0.05, 0.1) is 5.56 Å². The highest BCUT2D eigenvalue weighted by Crippen LogP contribution is 2.38. The zero-order chi connectivity index (χ0) is 19.8. The first-order valence-electron chi connectivity index (χ1n) is 9.05. The Kier molecular flexibility index (Phi) is 4.95. The van der Waals surface area contributed by atoms with Crippen molar-refractivity contribution in [2.45, 2.75) is 52.0 Å². The van der Waals surface area contributed by atoms with Crippen molar-refractivity contribution in [3.8, 4) is 0 Å². The fourth-order valence-corrected chi connectivity index (χ4v) is 3.87. The molecule has 2 aliphatic rings. The predicted octanol–water partition coefficient (Wildman–Crippen LogP) is 1.16. The van der Waals surface area contributed by atoms with Crippen molar-refractivity contribution in [3.05, 3.63) is 23.2 Å². The van der Waals surface area contributed by atoms with Crippen LogP contribution < -0.4 is 16.2 Å². The van der Waals surface area contributed by atoms with Gasteiger partial charge in [0.25, 0.3) is 17.7 Å². The Morgan fingerprint density at radius 3 is 2.67 bits per heavy atom. The maximum absolute atomic E-state index is 12.8. The standard InChI is InChI=1S/C18H24N4O5/c1-10-6-4-5-7-18(10)16(25)22(17(26)19-18)9-14(23)20-21-15(24)13-8-11(2)27-12(13)3/h8,10H,4-7,9H2,1-3H3,(H,19,26)(H,20,23)(H,21,24)/t10-,18+/m1/s1. The Morgan fingerprint density at radius 2 is 2.04 bits per heavy atom. The molecule has 1 aliphatic heterocycles. The van der Waals surface area contributed by atoms with Crippen LogP contribution in [0.15, 0.2) is 10.5 Å². The summed E-state index contributed by atoms with van der Waals surface area (Å²) in [5.74, 6) is -0.542. The largest absolute Gasteiger partial charge is 0.466 e. The highest BCUT2D eigenvalue weighted by Gasteiger charge is 2.55. The Labute approximate surface area is 156 Å². The maximum atomic E-state index is 12.8. The number of hydrazine groups is 1. The van der Waals surface area contributed by atoms with E-state index in [1.807, 2.05) is 6.92 Å². The average Bonchev–Trinajstić information content (AvgIpc) is 3.07. The van der Waals surface area contributed by atoms with Crippen LogP contribution in [0, 0.1) is 19.8 Å². The molecule has 0 aromatic carbocycles. The molecule has 1 aromatic rings. The van der Waals surface area contributed by atoms with Gasteiger partial charge in [-0.15, -0.1) is 0 Å². The molecule has 0 radical (unpaired) electrons. The number of urea groups is 1. The van der Waals surface area contributed by atoms with Crippen molar-refractivity contribution in [2.24, 2.45) is 5.92 Å². The topological polar surface area (TPSA) is 121 Å². The highest BCUT2D eigenvalue weighted by atomic mass is 16.3. The lowest BCUT2D eigenvalue weighted by atomic mass is 9.73. The van der Waals surface area contributed by atoms with Crippen molar-refractivity contribution in [1.82, 2.24) is 21.1 Å². The number of furan rings is 1. The number of aryl methyl sites for hydroxylation is 2. The molecule has 3 rings (SSSR count). The molecule has 1 aliphatic carbocycles. The van der Waals surface area contributed by atoms with Gasteiger partial charge in [-0.3, -0.25) is 30.1 Å². The first-order valence-corrected chi connectivity index (χ1v) is 9.05. The summed E-state index contributed by atoms with van der Waals surface area (Å²) in [7, 11) is 0. The molecule has 1 spiro atoms. The summed E-state index contributed by atoms with van der Waals surface area (Å²) in [6, 6.07) is 0.985. The van der Waals surface area contributed by atoms with E-state index in [4.69, 9.17) is 4.42 Å². The molecule has 27 heavy (non-hydrogen) atoms. The van der Waals surface area contributed by atoms with E-state index in [9.17, 15) is 19.2 Å². The van der Waals surface area contributed by atoms with Crippen LogP contribution in [0.4, 0.5) is 4.79 Å². The van der Waals surface area contributed by atoms with Crippen molar-refractivity contribution in [2.75, 3.05) is 6.54 Å². The van der Waals surface area contributed by atoms with Gasteiger partial charge in [0, 0.05) is 0 Å². The van der Waals surface area contributed by atoms with Crippen LogP contribution in [0.5, 0.6) is 0 Å². The van der Waals surface area contributed by atoms with Crippen molar-refractivity contribution in [3.63, 3.8) is 0 Å². The van der Waals surface area contributed by atoms with Gasteiger partial charge in [-0.05, 0) is 38.7 Å². The number of carbonyl (C=O) groups is 4. The number of imide groups is 1. The molecule has 0 unspecified atom stereocenters. The lowest BCUT2D eigenvalue weighted by Crippen LogP contribution is -2.54. The van der Waals surface area contributed by atoms with Gasteiger partial charge in [-0.2, -0.15) is 0 Å². The summed E-state index contributed by atoms with van der Waals surface area (Å²) in [5.41, 5.74) is 3.89. The number of amides is 5. The zero-order valence-corrected chi connectivity index (χ0v) is 15.7. The minimum Gasteiger partial charge on any atom is -0.466 e. The summed E-state index contributed by atoms with van der Waals surface area (Å²) in [5, 5.41) is 2.78. The van der Waals surface area contributed by atoms with Gasteiger partial charge in [-0.25, -0.2) is 4.79 Å². The molecule has 1 saturated heterocycles. The normalized spacial score (nSPS) is 24.9. The molecule has 1 saturated carbocycles. The Morgan fingerprint density at radius 1 is 1.30 bits per heavy atom. The van der Waals surface area contributed by atoms with Gasteiger partial charge >= 0.3 is 6.03 Å². The zero-order valence-electron chi connectivity index (χ0n) is 15.7. The van der Waals surface area contributed by atoms with Crippen LogP contribution in [-0.2, 0) is 9.59 Å². The van der Waals surface area contributed by atoms with Crippen molar-refractivity contribution in [1.29, 1.82) is 0 Å². The molecule has 2 atom stereocenters. The molecule has 9 nitrogen and oxygen atoms in total. The van der Waals surface area contributed by atoms with E-state index >= 15 is 0 Å². The van der Waals surface area contributed by atoms with Gasteiger partial charge < -0.3 is 9.73 Å². The van der Waals surface area contributed by atoms with E-state index in [0.29, 0.717) is 23.5 Å². The minimum absolute atomic E-state index is 0.0165. The molecule has 9 heteroatoms. The molecule has 2 fully saturated rings. The van der Waals surface area contributed by atoms with E-state index in [1.165, 1.54) is 0 Å². The van der Waals surface area contributed by atoms with E-state index in [1.54, 1.807) is 19.9 Å². The summed E-state index contributed by atoms with van der Waals surface area (Å²) in [4.78, 5) is 50.2. The van der Waals surface area contributed by atoms with E-state index < -0.39 is 29.9 Å². The molecule has 146 valence electrons. The minimum atomic E-state index is -0.912. The van der Waals surface area contributed by atoms with Crippen LogP contribution in [0.2, 0.25) is 0 Å². The van der Waals surface area contributed by atoms with Crippen LogP contribution in [-0.4, -0.2) is 40.7 Å². The van der Waals surface area contributed by atoms with Crippen LogP contribution in [0.25, 0.3) is 0 Å². The summed E-state index contributed by atoms with van der Waals surface area (Å²) in [6.45, 7) is 4.84. The number of nitrogens with one attached hydrogen (secondary N) is 3. The second-order valence-corrected chi connectivity index (χ2v) is 7.27. The lowest BCUT2D eigenvalue weighted by Gasteiger charge is -2.36. The number of carbonyl (C=O) groups excluding carboxylic acids is 4. The number of hydrogen-bond acceptors (Lipinski definition) is 5. The summed E-state index contributed by atoms with van der Waals surface area (Å²) in [6.07, 6.45) is 3.31. The quantitative estimate of drug-likeness (QED) is 0.540. The second kappa shape index (κ2) is 7.05. The third kappa shape index (κ3) is 3.41. The third-order valence-corrected chi connectivity index (χ3v) is 5.40. The molecule has 1 aromatic heterocycles. The van der Waals surface area contributed by atoms with Crippen molar-refractivity contribution >= 4 is 23.8 Å². The first-order chi connectivity index (χ1) is 12.7. The average molecular weight is 376 g/mol. The fraction of sp³-hybridized carbons (Fsp3) is 0.556. The second-order valence-electron chi connectivity index (χ2n) is 7.27. The van der Waals surface area contributed by atoms with Crippen LogP contribution >= 0.6 is 0 Å². The number of nitrogens with zero attached hydrogens (tertiary/aromatic N) is 1. The molecule has 3 N–H and O–H groups in total. The van der Waals surface area contributed by atoms with Gasteiger partial charge in [0.1, 0.15) is 23.6 Å². The third-order valence-electron chi connectivity index (χ3n) is 5.40. The van der Waals surface area contributed by atoms with Crippen molar-refractivity contribution < 1.29 is 23.6 Å². The first kappa shape index (κ1) is 18.9. The molecular weight excluding hydrogens is 352 g/mol. The fourth-order valence-electron chi connectivity index (χ4n) is 3.87. The molecule has 5 amide bonds. The monoisotopic (exact) mass is 376 g/mol. The van der Waals surface area contributed by atoms with Crippen LogP contribution in [0.3, 0.4) is 0 Å². The molecule has 2 heterocycles. The van der Waals surface area contributed by atoms with Gasteiger partial charge in [0.2, 0.25) is 0 Å². The van der Waals surface area contributed by atoms with E-state index in [-0.39, 0.29) is 11.8 Å². The van der Waals surface area contributed by atoms with Gasteiger partial charge in [0.15, 0.2) is 0 Å². The predicted molar refractivity (Wildman–Crippen MR) is 94.4 cm³/mol. The SMILES string of the molecule is Cc1cc(C(=O)NNC(=O)CN2C(=O)N[C@]3(CCCC[C@H]3C)C2=O)c(C)o1. The summed E-state index contributed by atoms with van der Waals surface area (Å²) >= 11 is 0. The highest BCUT2D eigenvalue weighted by molar-refractivity contribution is 6.09. The lowest BCUT2D eigenvalue weighted by molar-refractivity contribution is -0.137. The van der Waals surface area contributed by atoms with Crippen LogP contribution in [0.1, 0.15) is 54.5 Å². The Hall–Kier alpha value is -2.84. The Bertz CT molecular complexity index is 802. The number of hydrogen-bond donors (Lipinski definition) is 3. The maximum Gasteiger partial charge on any atom is 0.325 e. The number of rotatable bonds is 3. The molecular formula is C18H24N4O5. The summed E-state index contributed by atoms with van der Waals surface area (Å²) < 4.78 is 5.27. The smallest absolute Gasteiger partial charge is 0.325 e. The van der Waals surface area contributed by atoms with E-state index in [2.05, 4.69) is 16.2 Å². The molecule has 0 bridgehead atoms. The van der Waals surface area contributed by atoms with E-state index in [0.717, 1.165) is 24.2 Å².